The normalized spacial score (nSPS) is 13.9. The minimum atomic E-state index is 0.444. The molecule has 0 fully saturated rings. The van der Waals surface area contributed by atoms with Crippen LogP contribution >= 0.6 is 0 Å². The van der Waals surface area contributed by atoms with Crippen molar-refractivity contribution in [1.29, 1.82) is 0 Å². The van der Waals surface area contributed by atoms with E-state index in [0.717, 1.165) is 19.6 Å². The Morgan fingerprint density at radius 3 is 2.41 bits per heavy atom. The summed E-state index contributed by atoms with van der Waals surface area (Å²) < 4.78 is 0. The summed E-state index contributed by atoms with van der Waals surface area (Å²) in [6.07, 6.45) is 7.82. The molecule has 1 unspecified atom stereocenters. The van der Waals surface area contributed by atoms with Crippen molar-refractivity contribution < 1.29 is 0 Å². The van der Waals surface area contributed by atoms with Gasteiger partial charge in [0.05, 0.1) is 0 Å². The molecule has 3 N–H and O–H groups in total. The summed E-state index contributed by atoms with van der Waals surface area (Å²) in [5.41, 5.74) is 6.15. The number of nitrogens with two attached hydrogens (primary N) is 1. The van der Waals surface area contributed by atoms with Gasteiger partial charge in [-0.2, -0.15) is 0 Å². The molecule has 0 aliphatic rings. The van der Waals surface area contributed by atoms with Crippen molar-refractivity contribution in [3.8, 4) is 0 Å². The van der Waals surface area contributed by atoms with Gasteiger partial charge in [-0.1, -0.05) is 53.4 Å². The second-order valence-electron chi connectivity index (χ2n) is 6.10. The molecule has 0 aromatic rings. The third-order valence-corrected chi connectivity index (χ3v) is 3.70. The third-order valence-electron chi connectivity index (χ3n) is 3.70. The van der Waals surface area contributed by atoms with Gasteiger partial charge in [-0.3, -0.25) is 0 Å². The highest BCUT2D eigenvalue weighted by atomic mass is 14.9. The van der Waals surface area contributed by atoms with E-state index < -0.39 is 0 Å². The molecule has 1 atom stereocenters. The zero-order valence-corrected chi connectivity index (χ0v) is 12.5. The Labute approximate surface area is 109 Å². The van der Waals surface area contributed by atoms with Crippen molar-refractivity contribution in [2.75, 3.05) is 19.6 Å². The Morgan fingerprint density at radius 1 is 1.18 bits per heavy atom. The average molecular weight is 242 g/mol. The molecule has 2 nitrogen and oxygen atoms in total. The van der Waals surface area contributed by atoms with E-state index in [4.69, 9.17) is 5.73 Å². The molecule has 0 heterocycles. The fraction of sp³-hybridized carbons (Fsp3) is 1.00. The Bertz CT molecular complexity index is 162. The predicted octanol–water partition coefficient (Wildman–Crippen LogP) is 3.56. The fourth-order valence-electron chi connectivity index (χ4n) is 2.16. The molecule has 0 saturated carbocycles. The van der Waals surface area contributed by atoms with Crippen molar-refractivity contribution in [3.63, 3.8) is 0 Å². The lowest BCUT2D eigenvalue weighted by molar-refractivity contribution is 0.297. The van der Waals surface area contributed by atoms with Crippen molar-refractivity contribution in [2.24, 2.45) is 17.1 Å². The van der Waals surface area contributed by atoms with Gasteiger partial charge in [-0.25, -0.2) is 0 Å². The zero-order chi connectivity index (χ0) is 13.1. The molecule has 0 radical (unpaired) electrons. The molecule has 0 aliphatic heterocycles. The average Bonchev–Trinajstić information content (AvgIpc) is 2.29. The van der Waals surface area contributed by atoms with Crippen LogP contribution in [0.2, 0.25) is 0 Å². The smallest absolute Gasteiger partial charge is 0.000252 e. The summed E-state index contributed by atoms with van der Waals surface area (Å²) in [6.45, 7) is 12.3. The van der Waals surface area contributed by atoms with Gasteiger partial charge in [0, 0.05) is 6.54 Å². The Morgan fingerprint density at radius 2 is 1.88 bits per heavy atom. The lowest BCUT2D eigenvalue weighted by Gasteiger charge is -2.25. The van der Waals surface area contributed by atoms with Crippen LogP contribution in [0.25, 0.3) is 0 Å². The van der Waals surface area contributed by atoms with Gasteiger partial charge in [-0.05, 0) is 37.3 Å². The minimum Gasteiger partial charge on any atom is -0.330 e. The molecule has 0 amide bonds. The van der Waals surface area contributed by atoms with E-state index in [1.165, 1.54) is 38.5 Å². The van der Waals surface area contributed by atoms with E-state index in [1.54, 1.807) is 0 Å². The molecule has 0 aromatic heterocycles. The summed E-state index contributed by atoms with van der Waals surface area (Å²) in [5.74, 6) is 0.700. The molecular weight excluding hydrogens is 208 g/mol. The van der Waals surface area contributed by atoms with Crippen LogP contribution in [0.1, 0.15) is 66.2 Å². The van der Waals surface area contributed by atoms with Crippen LogP contribution in [0.15, 0.2) is 0 Å². The first-order valence-corrected chi connectivity index (χ1v) is 7.46. The lowest BCUT2D eigenvalue weighted by Crippen LogP contribution is -2.31. The summed E-state index contributed by atoms with van der Waals surface area (Å²) >= 11 is 0. The highest BCUT2D eigenvalue weighted by Crippen LogP contribution is 2.22. The van der Waals surface area contributed by atoms with Crippen LogP contribution in [0, 0.1) is 11.3 Å². The van der Waals surface area contributed by atoms with Crippen molar-refractivity contribution in [1.82, 2.24) is 5.32 Å². The molecule has 0 bridgehead atoms. The first-order chi connectivity index (χ1) is 8.05. The molecule has 0 aliphatic carbocycles. The first kappa shape index (κ1) is 16.9. The summed E-state index contributed by atoms with van der Waals surface area (Å²) in [7, 11) is 0. The van der Waals surface area contributed by atoms with Crippen LogP contribution < -0.4 is 11.1 Å². The van der Waals surface area contributed by atoms with Crippen LogP contribution in [0.5, 0.6) is 0 Å². The zero-order valence-electron chi connectivity index (χ0n) is 12.5. The largest absolute Gasteiger partial charge is 0.330 e. The van der Waals surface area contributed by atoms with Gasteiger partial charge < -0.3 is 11.1 Å². The number of hydrogen-bond donors (Lipinski definition) is 2. The number of hydrogen-bond acceptors (Lipinski definition) is 2. The maximum atomic E-state index is 5.70. The Balaban J connectivity index is 3.57. The van der Waals surface area contributed by atoms with Gasteiger partial charge in [-0.15, -0.1) is 0 Å². The van der Waals surface area contributed by atoms with Crippen molar-refractivity contribution >= 4 is 0 Å². The van der Waals surface area contributed by atoms with Crippen molar-refractivity contribution in [2.45, 2.75) is 66.2 Å². The van der Waals surface area contributed by atoms with E-state index in [9.17, 15) is 0 Å². The maximum absolute atomic E-state index is 5.70. The second kappa shape index (κ2) is 9.90. The summed E-state index contributed by atoms with van der Waals surface area (Å²) in [6, 6.07) is 0. The summed E-state index contributed by atoms with van der Waals surface area (Å²) in [5, 5.41) is 3.60. The van der Waals surface area contributed by atoms with Crippen LogP contribution in [0.4, 0.5) is 0 Å². The third kappa shape index (κ3) is 9.61. The van der Waals surface area contributed by atoms with Gasteiger partial charge in [0.1, 0.15) is 0 Å². The molecule has 0 rings (SSSR count). The van der Waals surface area contributed by atoms with E-state index in [0.29, 0.717) is 11.3 Å². The molecule has 17 heavy (non-hydrogen) atoms. The van der Waals surface area contributed by atoms with E-state index in [-0.39, 0.29) is 0 Å². The highest BCUT2D eigenvalue weighted by Gasteiger charge is 2.16. The number of rotatable bonds is 11. The molecule has 0 aromatic carbocycles. The highest BCUT2D eigenvalue weighted by molar-refractivity contribution is 4.72. The van der Waals surface area contributed by atoms with Gasteiger partial charge in [0.2, 0.25) is 0 Å². The summed E-state index contributed by atoms with van der Waals surface area (Å²) in [4.78, 5) is 0. The first-order valence-electron chi connectivity index (χ1n) is 7.46. The van der Waals surface area contributed by atoms with Gasteiger partial charge in [0.15, 0.2) is 0 Å². The number of nitrogens with one attached hydrogen (secondary N) is 1. The molecule has 0 spiro atoms. The van der Waals surface area contributed by atoms with E-state index in [2.05, 4.69) is 33.0 Å². The maximum Gasteiger partial charge on any atom is 0.000252 e. The SMILES string of the molecule is CCCCCC(C)(C)CNCCC(CC)CN. The fourth-order valence-corrected chi connectivity index (χ4v) is 2.16. The van der Waals surface area contributed by atoms with Crippen LogP contribution in [-0.2, 0) is 0 Å². The molecule has 0 saturated heterocycles. The Hall–Kier alpha value is -0.0800. The molecule has 2 heteroatoms. The van der Waals surface area contributed by atoms with E-state index >= 15 is 0 Å². The minimum absolute atomic E-state index is 0.444. The van der Waals surface area contributed by atoms with Crippen molar-refractivity contribution in [3.05, 3.63) is 0 Å². The quantitative estimate of drug-likeness (QED) is 0.544. The molecule has 104 valence electrons. The second-order valence-corrected chi connectivity index (χ2v) is 6.10. The van der Waals surface area contributed by atoms with Crippen LogP contribution in [0.3, 0.4) is 0 Å². The number of unbranched alkanes of at least 4 members (excludes halogenated alkanes) is 2. The van der Waals surface area contributed by atoms with Gasteiger partial charge in [0.25, 0.3) is 0 Å². The van der Waals surface area contributed by atoms with Gasteiger partial charge >= 0.3 is 0 Å². The Kier molecular flexibility index (Phi) is 9.85. The molecular formula is C15H34N2. The van der Waals surface area contributed by atoms with E-state index in [1.807, 2.05) is 0 Å². The standard InChI is InChI=1S/C15H34N2/c1-5-7-8-10-15(3,4)13-17-11-9-14(6-2)12-16/h14,17H,5-13,16H2,1-4H3. The lowest BCUT2D eigenvalue weighted by atomic mass is 9.87. The monoisotopic (exact) mass is 242 g/mol. The topological polar surface area (TPSA) is 38.0 Å². The van der Waals surface area contributed by atoms with Crippen LogP contribution in [-0.4, -0.2) is 19.6 Å². The predicted molar refractivity (Wildman–Crippen MR) is 78.2 cm³/mol.